The minimum atomic E-state index is -0.311. The largest absolute Gasteiger partial charge is 0.457 e. The summed E-state index contributed by atoms with van der Waals surface area (Å²) in [6.45, 7) is 0. The van der Waals surface area contributed by atoms with Crippen LogP contribution in [-0.4, -0.2) is 239 Å². The number of nitrogens with zero attached hydrogens (tertiary/aromatic N) is 4. The molecule has 0 atom stereocenters. The summed E-state index contributed by atoms with van der Waals surface area (Å²) in [6.07, 6.45) is 0. The molecular weight excluding hydrogens is 915 g/mol. The van der Waals surface area contributed by atoms with Crippen molar-refractivity contribution in [3.63, 3.8) is 0 Å². The summed E-state index contributed by atoms with van der Waals surface area (Å²) >= 11 is 0. The SMILES string of the molecule is [B]c1c([B])c([B])c(-c2nc(-c3c([B])c([B])c([B])c([B])c3[B])nc(-c3c([B])c([B])c4c(oc5c([B])c([B])c(-n6c7c([B])c([B])c([B])c([B])c7c7c([B])c(-c8c([B])c([B])c([B])c([B])c8[B])c([B])c([B])c76)c([B])c54)c3[B])n2)c([B])c1[B]. The second kappa shape index (κ2) is 19.3. The lowest BCUT2D eigenvalue weighted by Gasteiger charge is -2.27. The highest BCUT2D eigenvalue weighted by Crippen LogP contribution is 2.32. The summed E-state index contributed by atoms with van der Waals surface area (Å²) in [7, 11) is 185. The highest BCUT2D eigenvalue weighted by atomic mass is 16.3. The van der Waals surface area contributed by atoms with Crippen LogP contribution >= 0.6 is 0 Å². The fourth-order valence-corrected chi connectivity index (χ4v) is 10.0. The second-order valence-electron chi connectivity index (χ2n) is 18.4. The number of aromatic nitrogens is 4. The van der Waals surface area contributed by atoms with Gasteiger partial charge in [-0.2, -0.15) is 0 Å². The van der Waals surface area contributed by atoms with Crippen LogP contribution in [0.25, 0.3) is 94.7 Å². The van der Waals surface area contributed by atoms with Gasteiger partial charge in [-0.05, 0) is 22.0 Å². The van der Waals surface area contributed by atoms with Gasteiger partial charge in [-0.1, -0.05) is 87.4 Å². The van der Waals surface area contributed by atoms with Crippen molar-refractivity contribution in [2.24, 2.45) is 0 Å². The van der Waals surface area contributed by atoms with E-state index in [-0.39, 0.29) is 248 Å². The summed E-state index contributed by atoms with van der Waals surface area (Å²) in [4.78, 5) is 14.0. The molecule has 0 bridgehead atoms. The van der Waals surface area contributed by atoms with Crippen LogP contribution in [0.5, 0.6) is 0 Å². The zero-order valence-corrected chi connectivity index (χ0v) is 40.9. The number of hydrogen-bond donors (Lipinski definition) is 0. The summed E-state index contributed by atoms with van der Waals surface area (Å²) in [6, 6.07) is 0. The first-order valence-electron chi connectivity index (χ1n) is 22.5. The van der Waals surface area contributed by atoms with Gasteiger partial charge >= 0.3 is 0 Å². The lowest BCUT2D eigenvalue weighted by molar-refractivity contribution is 0.674. The molecule has 0 aliphatic heterocycles. The summed E-state index contributed by atoms with van der Waals surface area (Å²) in [5.41, 5.74) is -5.14. The van der Waals surface area contributed by atoms with E-state index in [1.165, 1.54) is 4.57 Å². The van der Waals surface area contributed by atoms with Crippen molar-refractivity contribution in [2.45, 2.75) is 0 Å². The Hall–Kier alpha value is -5.03. The third-order valence-corrected chi connectivity index (χ3v) is 14.4. The molecular formula is C45B28N4O. The normalized spacial score (nSPS) is 11.7. The predicted molar refractivity (Wildman–Crippen MR) is 354 cm³/mol. The van der Waals surface area contributed by atoms with Crippen molar-refractivity contribution in [1.82, 2.24) is 19.5 Å². The second-order valence-corrected chi connectivity index (χ2v) is 18.4. The summed E-state index contributed by atoms with van der Waals surface area (Å²) in [5, 5.41) is 0.207. The van der Waals surface area contributed by atoms with E-state index >= 15 is 0 Å². The molecule has 0 saturated heterocycles. The van der Waals surface area contributed by atoms with Gasteiger partial charge in [0, 0.05) is 49.6 Å². The Bertz CT molecular complexity index is 4320. The molecule has 56 radical (unpaired) electrons. The quantitative estimate of drug-likeness (QED) is 0.161. The zero-order valence-electron chi connectivity index (χ0n) is 40.9. The molecule has 0 amide bonds. The van der Waals surface area contributed by atoms with Crippen LogP contribution < -0.4 is 153 Å². The molecule has 3 heterocycles. The van der Waals surface area contributed by atoms with E-state index in [9.17, 15) is 0 Å². The predicted octanol–water partition coefficient (Wildman–Crippen LogP) is -22.2. The lowest BCUT2D eigenvalue weighted by Crippen LogP contribution is -2.56. The van der Waals surface area contributed by atoms with Gasteiger partial charge in [-0.3, -0.25) is 0 Å². The first-order chi connectivity index (χ1) is 36.4. The molecule has 0 saturated carbocycles. The molecule has 78 heavy (non-hydrogen) atoms. The van der Waals surface area contributed by atoms with Crippen molar-refractivity contribution in [3.8, 4) is 51.0 Å². The highest BCUT2D eigenvalue weighted by Gasteiger charge is 2.31. The van der Waals surface area contributed by atoms with E-state index in [2.05, 4.69) is 4.98 Å². The van der Waals surface area contributed by atoms with Gasteiger partial charge < -0.3 is 8.98 Å². The number of fused-ring (bicyclic) bond motifs is 6. The van der Waals surface area contributed by atoms with Crippen LogP contribution in [0.1, 0.15) is 0 Å². The average molecular weight is 915 g/mol. The van der Waals surface area contributed by atoms with Crippen molar-refractivity contribution < 1.29 is 4.42 Å². The van der Waals surface area contributed by atoms with Crippen LogP contribution in [0, 0.1) is 0 Å². The molecule has 5 nitrogen and oxygen atoms in total. The van der Waals surface area contributed by atoms with E-state index in [1.54, 1.807) is 0 Å². The van der Waals surface area contributed by atoms with Crippen LogP contribution in [0.2, 0.25) is 0 Å². The fourth-order valence-electron chi connectivity index (χ4n) is 10.0. The lowest BCUT2D eigenvalue weighted by atomic mass is 9.57. The minimum Gasteiger partial charge on any atom is -0.457 e. The number of hydrogen-bond acceptors (Lipinski definition) is 4. The van der Waals surface area contributed by atoms with Crippen LogP contribution in [0.4, 0.5) is 0 Å². The van der Waals surface area contributed by atoms with Gasteiger partial charge in [0.2, 0.25) is 0 Å². The molecule has 3 aromatic heterocycles. The maximum absolute atomic E-state index is 7.28. The Morgan fingerprint density at radius 3 is 0.885 bits per heavy atom. The smallest absolute Gasteiger partial charge is 0.163 e. The first kappa shape index (κ1) is 56.3. The van der Waals surface area contributed by atoms with Gasteiger partial charge in [-0.15, -0.1) is 60.1 Å². The Labute approximate surface area is 488 Å². The molecule has 0 N–H and O–H groups in total. The van der Waals surface area contributed by atoms with Gasteiger partial charge in [0.1, 0.15) is 231 Å². The Kier molecular flexibility index (Phi) is 13.9. The standard InChI is InChI=1S/C45B28N4O/c46-10-1(2-11(47)23(59)30(66)24(60)12(2)48)13(49)34(70)38-3(10)4-14(50)25(61)33(69)35(71)39(4)77(38)40-21(57)6-5-15(51)16(52)9(22(58)41(5)78-42(6)37(73)36(40)72)45-75-43(7-17(53)26(62)31(67)27(63)18(7)54)74-44(76-45)8-19(55)28(64)32(68)29(65)20(8)56. The van der Waals surface area contributed by atoms with Gasteiger partial charge in [0.05, 0.1) is 0 Å². The molecule has 10 aromatic rings. The maximum atomic E-state index is 7.28. The zero-order chi connectivity index (χ0) is 57.4. The molecule has 7 aromatic carbocycles. The topological polar surface area (TPSA) is 56.7 Å². The number of rotatable bonds is 5. The number of benzene rings is 7. The molecule has 0 unspecified atom stereocenters. The van der Waals surface area contributed by atoms with Crippen molar-refractivity contribution in [1.29, 1.82) is 0 Å². The van der Waals surface area contributed by atoms with E-state index < -0.39 is 0 Å². The summed E-state index contributed by atoms with van der Waals surface area (Å²) in [5.74, 6) is -0.869. The molecule has 10 rings (SSSR count). The van der Waals surface area contributed by atoms with E-state index in [0.717, 1.165) is 0 Å². The third-order valence-electron chi connectivity index (χ3n) is 14.4. The third kappa shape index (κ3) is 7.52. The van der Waals surface area contributed by atoms with Crippen molar-refractivity contribution in [2.75, 3.05) is 0 Å². The highest BCUT2D eigenvalue weighted by molar-refractivity contribution is 6.75. The van der Waals surface area contributed by atoms with Crippen molar-refractivity contribution >= 4 is 416 Å². The molecule has 0 spiro atoms. The Morgan fingerprint density at radius 2 is 0.462 bits per heavy atom. The first-order valence-corrected chi connectivity index (χ1v) is 22.5. The molecule has 0 aliphatic rings. The molecule has 290 valence electrons. The minimum absolute atomic E-state index is 0.00340. The van der Waals surface area contributed by atoms with E-state index in [1.807, 2.05) is 0 Å². The van der Waals surface area contributed by atoms with Crippen LogP contribution in [0.15, 0.2) is 4.42 Å². The van der Waals surface area contributed by atoms with Gasteiger partial charge in [0.15, 0.2) is 17.5 Å². The molecule has 0 fully saturated rings. The van der Waals surface area contributed by atoms with Gasteiger partial charge in [0.25, 0.3) is 0 Å². The maximum Gasteiger partial charge on any atom is 0.163 e. The van der Waals surface area contributed by atoms with Gasteiger partial charge in [-0.25, -0.2) is 15.0 Å². The molecule has 33 heteroatoms. The fraction of sp³-hybridized carbons (Fsp3) is 0. The Morgan fingerprint density at radius 1 is 0.205 bits per heavy atom. The van der Waals surface area contributed by atoms with Crippen molar-refractivity contribution in [3.05, 3.63) is 0 Å². The van der Waals surface area contributed by atoms with E-state index in [4.69, 9.17) is 234 Å². The summed E-state index contributed by atoms with van der Waals surface area (Å²) < 4.78 is 7.88. The van der Waals surface area contributed by atoms with Crippen LogP contribution in [-0.2, 0) is 0 Å². The number of furan rings is 1. The monoisotopic (exact) mass is 920 g/mol. The Balaban J connectivity index is 1.33. The van der Waals surface area contributed by atoms with E-state index in [0.29, 0.717) is 0 Å². The molecule has 0 aliphatic carbocycles. The van der Waals surface area contributed by atoms with Crippen LogP contribution in [0.3, 0.4) is 0 Å². The average Bonchev–Trinajstić information content (AvgIpc) is 4.00.